The maximum absolute atomic E-state index is 12.9. The Morgan fingerprint density at radius 1 is 1.28 bits per heavy atom. The number of hydrogen-bond acceptors (Lipinski definition) is 5. The van der Waals surface area contributed by atoms with Crippen molar-refractivity contribution >= 4 is 17.9 Å². The molecule has 3 amide bonds. The highest BCUT2D eigenvalue weighted by atomic mass is 16.5. The third kappa shape index (κ3) is 3.66. The Hall–Kier alpha value is -2.41. The highest BCUT2D eigenvalue weighted by molar-refractivity contribution is 5.99. The molecule has 0 radical (unpaired) electrons. The molecule has 0 aliphatic carbocycles. The minimum atomic E-state index is -0.462. The number of ether oxygens (including phenoxy) is 1. The number of amides is 3. The van der Waals surface area contributed by atoms with Crippen molar-refractivity contribution in [2.24, 2.45) is 5.92 Å². The largest absolute Gasteiger partial charge is 0.465 e. The zero-order valence-electron chi connectivity index (χ0n) is 14.3. The number of nitrogens with zero attached hydrogens (tertiary/aromatic N) is 2. The van der Waals surface area contributed by atoms with Gasteiger partial charge < -0.3 is 4.74 Å². The molecule has 2 heterocycles. The van der Waals surface area contributed by atoms with Gasteiger partial charge in [0.25, 0.3) is 0 Å². The third-order valence-corrected chi connectivity index (χ3v) is 4.61. The van der Waals surface area contributed by atoms with E-state index in [0.717, 1.165) is 18.5 Å². The molecule has 1 aromatic rings. The van der Waals surface area contributed by atoms with Crippen molar-refractivity contribution in [2.75, 3.05) is 19.7 Å². The number of rotatable bonds is 5. The number of fused-ring (bicyclic) bond motifs is 1. The minimum Gasteiger partial charge on any atom is -0.465 e. The summed E-state index contributed by atoms with van der Waals surface area (Å²) in [4.78, 5) is 40.4. The molecule has 1 aromatic carbocycles. The fourth-order valence-corrected chi connectivity index (χ4v) is 3.45. The van der Waals surface area contributed by atoms with Crippen molar-refractivity contribution in [3.63, 3.8) is 0 Å². The Balaban J connectivity index is 1.84. The number of carbonyl (C=O) groups excluding carboxylic acids is 3. The second-order valence-electron chi connectivity index (χ2n) is 6.27. The van der Waals surface area contributed by atoms with Gasteiger partial charge in [-0.05, 0) is 31.9 Å². The van der Waals surface area contributed by atoms with E-state index >= 15 is 0 Å². The number of esters is 1. The highest BCUT2D eigenvalue weighted by Gasteiger charge is 2.47. The second-order valence-corrected chi connectivity index (χ2v) is 6.27. The highest BCUT2D eigenvalue weighted by Crippen LogP contribution is 2.29. The lowest BCUT2D eigenvalue weighted by atomic mass is 9.91. The summed E-state index contributed by atoms with van der Waals surface area (Å²) in [6, 6.07) is 8.93. The molecule has 25 heavy (non-hydrogen) atoms. The van der Waals surface area contributed by atoms with Gasteiger partial charge in [-0.15, -0.1) is 0 Å². The summed E-state index contributed by atoms with van der Waals surface area (Å²) in [6.45, 7) is 2.76. The van der Waals surface area contributed by atoms with Gasteiger partial charge in [0.1, 0.15) is 6.54 Å². The topological polar surface area (TPSA) is 79.0 Å². The summed E-state index contributed by atoms with van der Waals surface area (Å²) in [7, 11) is 0. The number of urea groups is 1. The minimum absolute atomic E-state index is 0.153. The Morgan fingerprint density at radius 3 is 2.76 bits per heavy atom. The molecule has 2 unspecified atom stereocenters. The molecule has 7 heteroatoms. The fraction of sp³-hybridized carbons (Fsp3) is 0.500. The van der Waals surface area contributed by atoms with E-state index in [1.54, 1.807) is 6.92 Å². The van der Waals surface area contributed by atoms with E-state index < -0.39 is 18.2 Å². The monoisotopic (exact) mass is 345 g/mol. The van der Waals surface area contributed by atoms with Gasteiger partial charge in [-0.1, -0.05) is 30.3 Å². The molecule has 2 fully saturated rings. The normalized spacial score (nSPS) is 23.4. The van der Waals surface area contributed by atoms with E-state index in [0.29, 0.717) is 6.42 Å². The lowest BCUT2D eigenvalue weighted by molar-refractivity contribution is -0.150. The summed E-state index contributed by atoms with van der Waals surface area (Å²) >= 11 is 0. The molecule has 2 aliphatic heterocycles. The van der Waals surface area contributed by atoms with Crippen LogP contribution < -0.4 is 5.32 Å². The molecular weight excluding hydrogens is 322 g/mol. The molecule has 1 N–H and O–H groups in total. The Bertz CT molecular complexity index is 649. The Labute approximate surface area is 146 Å². The molecular formula is C18H23N3O4. The predicted molar refractivity (Wildman–Crippen MR) is 90.2 cm³/mol. The molecule has 0 saturated carbocycles. The zero-order chi connectivity index (χ0) is 17.8. The van der Waals surface area contributed by atoms with Gasteiger partial charge in [0, 0.05) is 0 Å². The number of benzene rings is 1. The van der Waals surface area contributed by atoms with Gasteiger partial charge in [0.2, 0.25) is 5.91 Å². The van der Waals surface area contributed by atoms with E-state index in [1.165, 1.54) is 9.80 Å². The van der Waals surface area contributed by atoms with Gasteiger partial charge in [0.15, 0.2) is 0 Å². The van der Waals surface area contributed by atoms with Crippen LogP contribution in [0.3, 0.4) is 0 Å². The van der Waals surface area contributed by atoms with Crippen molar-refractivity contribution < 1.29 is 19.1 Å². The first kappa shape index (κ1) is 17.4. The molecule has 2 saturated heterocycles. The van der Waals surface area contributed by atoms with Crippen molar-refractivity contribution in [3.05, 3.63) is 35.9 Å². The van der Waals surface area contributed by atoms with Gasteiger partial charge in [0.05, 0.1) is 25.2 Å². The average molecular weight is 345 g/mol. The van der Waals surface area contributed by atoms with Gasteiger partial charge in [-0.3, -0.25) is 24.7 Å². The smallest absolute Gasteiger partial charge is 0.328 e. The lowest BCUT2D eigenvalue weighted by Gasteiger charge is -2.46. The molecule has 2 aliphatic rings. The number of nitrogens with one attached hydrogen (secondary N) is 1. The van der Waals surface area contributed by atoms with Crippen LogP contribution in [0, 0.1) is 5.92 Å². The molecule has 3 rings (SSSR count). The van der Waals surface area contributed by atoms with E-state index in [1.807, 2.05) is 30.3 Å². The maximum atomic E-state index is 12.9. The van der Waals surface area contributed by atoms with Crippen LogP contribution in [0.2, 0.25) is 0 Å². The Morgan fingerprint density at radius 2 is 2.04 bits per heavy atom. The van der Waals surface area contributed by atoms with E-state index in [-0.39, 0.29) is 31.5 Å². The van der Waals surface area contributed by atoms with Crippen LogP contribution in [-0.2, 0) is 20.9 Å². The molecule has 0 bridgehead atoms. The molecule has 7 nitrogen and oxygen atoms in total. The van der Waals surface area contributed by atoms with Crippen LogP contribution in [0.5, 0.6) is 0 Å². The summed E-state index contributed by atoms with van der Waals surface area (Å²) in [6.07, 6.45) is 1.13. The third-order valence-electron chi connectivity index (χ3n) is 4.61. The van der Waals surface area contributed by atoms with Crippen LogP contribution >= 0.6 is 0 Å². The van der Waals surface area contributed by atoms with Crippen molar-refractivity contribution in [3.8, 4) is 0 Å². The van der Waals surface area contributed by atoms with Crippen LogP contribution in [0.25, 0.3) is 0 Å². The van der Waals surface area contributed by atoms with Crippen molar-refractivity contribution in [1.82, 2.24) is 15.1 Å². The maximum Gasteiger partial charge on any atom is 0.328 e. The number of hydrogen-bond donors (Lipinski definition) is 1. The average Bonchev–Trinajstić information content (AvgIpc) is 2.63. The zero-order valence-corrected chi connectivity index (χ0v) is 14.3. The van der Waals surface area contributed by atoms with Gasteiger partial charge in [-0.25, -0.2) is 4.79 Å². The number of carbonyl (C=O) groups is 3. The first-order chi connectivity index (χ1) is 12.1. The standard InChI is InChI=1S/C18H23N3O4/c1-2-25-15(22)12-20-16-14(9-6-10-19-16)17(23)21(18(20)24)11-13-7-4-3-5-8-13/h3-5,7-8,14,16,19H,2,6,9-12H2,1H3. The van der Waals surface area contributed by atoms with Gasteiger partial charge >= 0.3 is 12.0 Å². The first-order valence-electron chi connectivity index (χ1n) is 8.66. The van der Waals surface area contributed by atoms with E-state index in [9.17, 15) is 14.4 Å². The van der Waals surface area contributed by atoms with Crippen LogP contribution in [0.1, 0.15) is 25.3 Å². The summed E-state index contributed by atoms with van der Waals surface area (Å²) in [5.41, 5.74) is 0.877. The first-order valence-corrected chi connectivity index (χ1v) is 8.66. The number of piperidine rings is 1. The van der Waals surface area contributed by atoms with Crippen molar-refractivity contribution in [2.45, 2.75) is 32.5 Å². The Kier molecular flexibility index (Phi) is 5.33. The van der Waals surface area contributed by atoms with E-state index in [4.69, 9.17) is 4.74 Å². The van der Waals surface area contributed by atoms with Crippen LogP contribution in [0.15, 0.2) is 30.3 Å². The van der Waals surface area contributed by atoms with Crippen molar-refractivity contribution in [1.29, 1.82) is 0 Å². The lowest BCUT2D eigenvalue weighted by Crippen LogP contribution is -2.67. The molecule has 0 aromatic heterocycles. The quantitative estimate of drug-likeness (QED) is 0.815. The second kappa shape index (κ2) is 7.65. The number of imide groups is 1. The molecule has 2 atom stereocenters. The SMILES string of the molecule is CCOC(=O)CN1C(=O)N(Cc2ccccc2)C(=O)C2CCCNC21. The fourth-order valence-electron chi connectivity index (χ4n) is 3.45. The van der Waals surface area contributed by atoms with Crippen LogP contribution in [0.4, 0.5) is 4.79 Å². The summed E-state index contributed by atoms with van der Waals surface area (Å²) in [5.74, 6) is -0.966. The predicted octanol–water partition coefficient (Wildman–Crippen LogP) is 1.34. The van der Waals surface area contributed by atoms with Crippen LogP contribution in [-0.4, -0.2) is 53.6 Å². The van der Waals surface area contributed by atoms with Gasteiger partial charge in [-0.2, -0.15) is 0 Å². The molecule has 0 spiro atoms. The van der Waals surface area contributed by atoms with E-state index in [2.05, 4.69) is 5.32 Å². The summed E-state index contributed by atoms with van der Waals surface area (Å²) in [5, 5.41) is 3.21. The molecule has 134 valence electrons. The summed E-state index contributed by atoms with van der Waals surface area (Å²) < 4.78 is 4.99.